The van der Waals surface area contributed by atoms with Crippen molar-refractivity contribution in [3.63, 3.8) is 0 Å². The van der Waals surface area contributed by atoms with Crippen LogP contribution in [0.4, 0.5) is 5.69 Å². The van der Waals surface area contributed by atoms with Crippen LogP contribution in [0, 0.1) is 0 Å². The van der Waals surface area contributed by atoms with Crippen molar-refractivity contribution in [2.75, 3.05) is 45.3 Å². The summed E-state index contributed by atoms with van der Waals surface area (Å²) in [6.45, 7) is 9.94. The maximum atomic E-state index is 5.73. The first-order valence-electron chi connectivity index (χ1n) is 11.0. The lowest BCUT2D eigenvalue weighted by Crippen LogP contribution is -2.48. The largest absolute Gasteiger partial charge is 0.497 e. The highest BCUT2D eigenvalue weighted by Crippen LogP contribution is 2.36. The van der Waals surface area contributed by atoms with Crippen molar-refractivity contribution in [2.45, 2.75) is 32.4 Å². The molecule has 8 nitrogen and oxygen atoms in total. The number of anilines is 1. The van der Waals surface area contributed by atoms with E-state index in [0.717, 1.165) is 49.1 Å². The minimum Gasteiger partial charge on any atom is -0.497 e. The Morgan fingerprint density at radius 3 is 2.19 bits per heavy atom. The van der Waals surface area contributed by atoms with Gasteiger partial charge >= 0.3 is 0 Å². The molecule has 1 aliphatic heterocycles. The standard InChI is InChI=1S/C24H32N6O2/c1-24(2,3)30-23(25-26-27-30)22(20-8-6-7-9-21(20)32-5)29-16-14-28(15-17-29)18-10-12-19(31-4)13-11-18/h6-13,22H,14-17H2,1-5H3/t22-/m1/s1. The van der Waals surface area contributed by atoms with Gasteiger partial charge in [0.05, 0.1) is 19.8 Å². The Hall–Kier alpha value is -3.13. The third kappa shape index (κ3) is 4.41. The van der Waals surface area contributed by atoms with E-state index in [1.165, 1.54) is 5.69 Å². The number of hydrogen-bond donors (Lipinski definition) is 0. The Labute approximate surface area is 189 Å². The van der Waals surface area contributed by atoms with Crippen molar-refractivity contribution >= 4 is 5.69 Å². The first-order chi connectivity index (χ1) is 15.4. The first kappa shape index (κ1) is 22.1. The van der Waals surface area contributed by atoms with Crippen LogP contribution in [0.1, 0.15) is 38.2 Å². The summed E-state index contributed by atoms with van der Waals surface area (Å²) in [6, 6.07) is 16.3. The number of piperazine rings is 1. The Bertz CT molecular complexity index is 1020. The molecule has 0 amide bonds. The van der Waals surface area contributed by atoms with Gasteiger partial charge in [-0.15, -0.1) is 5.10 Å². The number of benzene rings is 2. The van der Waals surface area contributed by atoms with Gasteiger partial charge in [0.2, 0.25) is 0 Å². The Balaban J connectivity index is 1.64. The number of nitrogens with zero attached hydrogens (tertiary/aromatic N) is 6. The van der Waals surface area contributed by atoms with E-state index in [9.17, 15) is 0 Å². The molecule has 0 N–H and O–H groups in total. The highest BCUT2D eigenvalue weighted by molar-refractivity contribution is 5.49. The van der Waals surface area contributed by atoms with Crippen molar-refractivity contribution in [3.05, 3.63) is 59.9 Å². The molecule has 32 heavy (non-hydrogen) atoms. The van der Waals surface area contributed by atoms with Crippen LogP contribution in [0.3, 0.4) is 0 Å². The highest BCUT2D eigenvalue weighted by Gasteiger charge is 2.34. The number of aromatic nitrogens is 4. The number of ether oxygens (including phenoxy) is 2. The Morgan fingerprint density at radius 2 is 1.56 bits per heavy atom. The lowest BCUT2D eigenvalue weighted by atomic mass is 10.0. The third-order valence-corrected chi connectivity index (χ3v) is 5.92. The topological polar surface area (TPSA) is 68.5 Å². The molecule has 1 fully saturated rings. The van der Waals surface area contributed by atoms with Crippen molar-refractivity contribution in [1.82, 2.24) is 25.1 Å². The predicted octanol–water partition coefficient (Wildman–Crippen LogP) is 3.36. The lowest BCUT2D eigenvalue weighted by molar-refractivity contribution is 0.188. The lowest BCUT2D eigenvalue weighted by Gasteiger charge is -2.40. The van der Waals surface area contributed by atoms with Crippen molar-refractivity contribution in [3.8, 4) is 11.5 Å². The van der Waals surface area contributed by atoms with Crippen LogP contribution in [-0.4, -0.2) is 65.5 Å². The van der Waals surface area contributed by atoms with Gasteiger partial charge in [-0.3, -0.25) is 4.90 Å². The Morgan fingerprint density at radius 1 is 0.875 bits per heavy atom. The quantitative estimate of drug-likeness (QED) is 0.587. The van der Waals surface area contributed by atoms with Gasteiger partial charge < -0.3 is 14.4 Å². The molecular formula is C24H32N6O2. The van der Waals surface area contributed by atoms with E-state index in [1.54, 1.807) is 14.2 Å². The fraction of sp³-hybridized carbons (Fsp3) is 0.458. The van der Waals surface area contributed by atoms with Crippen LogP contribution in [0.25, 0.3) is 0 Å². The molecule has 1 aliphatic rings. The normalized spacial score (nSPS) is 16.1. The fourth-order valence-corrected chi connectivity index (χ4v) is 4.27. The van der Waals surface area contributed by atoms with Crippen molar-refractivity contribution in [2.24, 2.45) is 0 Å². The van der Waals surface area contributed by atoms with Gasteiger partial charge in [0, 0.05) is 37.4 Å². The SMILES string of the molecule is COc1ccc(N2CCN([C@H](c3ccccc3OC)c3nnnn3C(C)(C)C)CC2)cc1. The van der Waals surface area contributed by atoms with Gasteiger partial charge in [0.15, 0.2) is 5.82 Å². The van der Waals surface area contributed by atoms with Crippen LogP contribution in [-0.2, 0) is 5.54 Å². The molecule has 1 atom stereocenters. The van der Waals surface area contributed by atoms with E-state index in [4.69, 9.17) is 9.47 Å². The summed E-state index contributed by atoms with van der Waals surface area (Å²) in [4.78, 5) is 4.85. The third-order valence-electron chi connectivity index (χ3n) is 5.92. The number of tetrazole rings is 1. The van der Waals surface area contributed by atoms with Gasteiger partial charge in [-0.2, -0.15) is 0 Å². The van der Waals surface area contributed by atoms with Gasteiger partial charge in [-0.25, -0.2) is 4.68 Å². The average Bonchev–Trinajstić information content (AvgIpc) is 3.30. The van der Waals surface area contributed by atoms with E-state index in [-0.39, 0.29) is 11.6 Å². The summed E-state index contributed by atoms with van der Waals surface area (Å²) in [7, 11) is 3.40. The first-order valence-corrected chi connectivity index (χ1v) is 11.0. The minimum atomic E-state index is -0.232. The van der Waals surface area contributed by atoms with E-state index in [1.807, 2.05) is 35.0 Å². The molecule has 0 aliphatic carbocycles. The molecule has 0 bridgehead atoms. The fourth-order valence-electron chi connectivity index (χ4n) is 4.27. The second-order valence-corrected chi connectivity index (χ2v) is 8.99. The molecule has 4 rings (SSSR count). The molecular weight excluding hydrogens is 404 g/mol. The molecule has 0 unspecified atom stereocenters. The average molecular weight is 437 g/mol. The van der Waals surface area contributed by atoms with Crippen molar-refractivity contribution < 1.29 is 9.47 Å². The molecule has 1 saturated heterocycles. The van der Waals surface area contributed by atoms with Crippen LogP contribution in [0.5, 0.6) is 11.5 Å². The molecule has 0 saturated carbocycles. The van der Waals surface area contributed by atoms with Crippen molar-refractivity contribution in [1.29, 1.82) is 0 Å². The number of para-hydroxylation sites is 1. The zero-order chi connectivity index (χ0) is 22.7. The van der Waals surface area contributed by atoms with Gasteiger partial charge in [0.25, 0.3) is 0 Å². The summed E-state index contributed by atoms with van der Waals surface area (Å²) in [5.41, 5.74) is 2.05. The number of hydrogen-bond acceptors (Lipinski definition) is 7. The molecule has 2 aromatic carbocycles. The summed E-state index contributed by atoms with van der Waals surface area (Å²) >= 11 is 0. The maximum absolute atomic E-state index is 5.73. The summed E-state index contributed by atoms with van der Waals surface area (Å²) < 4.78 is 13.0. The summed E-state index contributed by atoms with van der Waals surface area (Å²) in [5, 5.41) is 12.8. The highest BCUT2D eigenvalue weighted by atomic mass is 16.5. The van der Waals surface area contributed by atoms with E-state index < -0.39 is 0 Å². The molecule has 0 radical (unpaired) electrons. The molecule has 2 heterocycles. The second kappa shape index (κ2) is 9.16. The van der Waals surface area contributed by atoms with E-state index in [2.05, 4.69) is 64.3 Å². The second-order valence-electron chi connectivity index (χ2n) is 8.99. The Kier molecular flexibility index (Phi) is 6.32. The molecule has 0 spiro atoms. The van der Waals surface area contributed by atoms with Gasteiger partial charge in [-0.1, -0.05) is 18.2 Å². The number of rotatable bonds is 6. The number of methoxy groups -OCH3 is 2. The van der Waals surface area contributed by atoms with Gasteiger partial charge in [-0.05, 0) is 61.5 Å². The summed E-state index contributed by atoms with van der Waals surface area (Å²) in [6.07, 6.45) is 0. The van der Waals surface area contributed by atoms with Crippen LogP contribution in [0.15, 0.2) is 48.5 Å². The monoisotopic (exact) mass is 436 g/mol. The zero-order valence-electron chi connectivity index (χ0n) is 19.5. The minimum absolute atomic E-state index is 0.0987. The molecule has 170 valence electrons. The predicted molar refractivity (Wildman–Crippen MR) is 124 cm³/mol. The summed E-state index contributed by atoms with van der Waals surface area (Å²) in [5.74, 6) is 2.55. The zero-order valence-corrected chi connectivity index (χ0v) is 19.5. The van der Waals surface area contributed by atoms with E-state index in [0.29, 0.717) is 0 Å². The molecule has 3 aromatic rings. The molecule has 8 heteroatoms. The van der Waals surface area contributed by atoms with Crippen LogP contribution < -0.4 is 14.4 Å². The van der Waals surface area contributed by atoms with Gasteiger partial charge in [0.1, 0.15) is 17.5 Å². The maximum Gasteiger partial charge on any atom is 0.173 e. The van der Waals surface area contributed by atoms with Crippen LogP contribution in [0.2, 0.25) is 0 Å². The van der Waals surface area contributed by atoms with Crippen LogP contribution >= 0.6 is 0 Å². The van der Waals surface area contributed by atoms with E-state index >= 15 is 0 Å². The smallest absolute Gasteiger partial charge is 0.173 e. The molecule has 1 aromatic heterocycles.